The van der Waals surface area contributed by atoms with Crippen LogP contribution >= 0.6 is 0 Å². The molecule has 9 heteroatoms. The molecule has 0 spiro atoms. The third-order valence-corrected chi connectivity index (χ3v) is 5.58. The summed E-state index contributed by atoms with van der Waals surface area (Å²) in [6, 6.07) is 12.3. The number of piperazine rings is 1. The van der Waals surface area contributed by atoms with Gasteiger partial charge in [0.15, 0.2) is 17.5 Å². The predicted molar refractivity (Wildman–Crippen MR) is 121 cm³/mol. The molecule has 0 aromatic heterocycles. The van der Waals surface area contributed by atoms with Crippen molar-refractivity contribution >= 4 is 17.6 Å². The van der Waals surface area contributed by atoms with E-state index in [0.29, 0.717) is 38.6 Å². The number of hydrogen-bond acceptors (Lipinski definition) is 5. The third-order valence-electron chi connectivity index (χ3n) is 5.58. The summed E-state index contributed by atoms with van der Waals surface area (Å²) >= 11 is 0. The van der Waals surface area contributed by atoms with Crippen molar-refractivity contribution in [2.24, 2.45) is 4.99 Å². The number of benzene rings is 2. The van der Waals surface area contributed by atoms with Crippen LogP contribution in [0.5, 0.6) is 11.5 Å². The molecule has 1 amide bonds. The second kappa shape index (κ2) is 10.2. The topological polar surface area (TPSA) is 78.4 Å². The van der Waals surface area contributed by atoms with Crippen LogP contribution in [-0.4, -0.2) is 63.3 Å². The van der Waals surface area contributed by atoms with Gasteiger partial charge in [-0.3, -0.25) is 9.79 Å². The number of carbonyl (C=O) groups is 1. The van der Waals surface area contributed by atoms with E-state index >= 15 is 0 Å². The summed E-state index contributed by atoms with van der Waals surface area (Å²) in [6.07, 6.45) is 0.390. The molecule has 170 valence electrons. The van der Waals surface area contributed by atoms with Crippen molar-refractivity contribution in [1.82, 2.24) is 15.5 Å². The smallest absolute Gasteiger partial charge is 0.231 e. The highest BCUT2D eigenvalue weighted by molar-refractivity contribution is 5.81. The summed E-state index contributed by atoms with van der Waals surface area (Å²) < 4.78 is 23.8. The second-order valence-electron chi connectivity index (χ2n) is 7.63. The van der Waals surface area contributed by atoms with Crippen molar-refractivity contribution in [3.05, 3.63) is 53.8 Å². The largest absolute Gasteiger partial charge is 0.454 e. The summed E-state index contributed by atoms with van der Waals surface area (Å²) in [4.78, 5) is 20.8. The summed E-state index contributed by atoms with van der Waals surface area (Å²) in [5, 5.41) is 6.43. The third kappa shape index (κ3) is 5.40. The van der Waals surface area contributed by atoms with E-state index in [-0.39, 0.29) is 18.5 Å². The van der Waals surface area contributed by atoms with Crippen molar-refractivity contribution in [2.45, 2.75) is 13.0 Å². The molecule has 2 N–H and O–H groups in total. The Bertz CT molecular complexity index is 959. The lowest BCUT2D eigenvalue weighted by Gasteiger charge is -2.36. The first-order valence-electron chi connectivity index (χ1n) is 10.7. The van der Waals surface area contributed by atoms with Gasteiger partial charge in [0.05, 0.1) is 0 Å². The Hall–Kier alpha value is -3.49. The van der Waals surface area contributed by atoms with Gasteiger partial charge in [-0.05, 0) is 42.0 Å². The average molecular weight is 442 g/mol. The second-order valence-corrected chi connectivity index (χ2v) is 7.63. The lowest BCUT2D eigenvalue weighted by atomic mass is 10.2. The molecule has 0 aliphatic carbocycles. The van der Waals surface area contributed by atoms with Crippen molar-refractivity contribution in [3.8, 4) is 11.5 Å². The number of fused-ring (bicyclic) bond motifs is 1. The zero-order valence-corrected chi connectivity index (χ0v) is 18.1. The van der Waals surface area contributed by atoms with Crippen LogP contribution in [0.3, 0.4) is 0 Å². The highest BCUT2D eigenvalue weighted by Gasteiger charge is 2.21. The number of aliphatic imine (C=N–C) groups is 1. The minimum atomic E-state index is -0.240. The highest BCUT2D eigenvalue weighted by atomic mass is 19.1. The van der Waals surface area contributed by atoms with Crippen LogP contribution in [0.15, 0.2) is 47.5 Å². The molecule has 8 nitrogen and oxygen atoms in total. The number of ether oxygens (including phenoxy) is 2. The van der Waals surface area contributed by atoms with Crippen LogP contribution in [0, 0.1) is 5.82 Å². The van der Waals surface area contributed by atoms with Gasteiger partial charge in [0.25, 0.3) is 0 Å². The molecule has 0 atom stereocenters. The minimum Gasteiger partial charge on any atom is -0.454 e. The Morgan fingerprint density at radius 2 is 1.78 bits per heavy atom. The van der Waals surface area contributed by atoms with Crippen LogP contribution < -0.4 is 25.0 Å². The quantitative estimate of drug-likeness (QED) is 0.527. The number of halogens is 1. The molecule has 32 heavy (non-hydrogen) atoms. The van der Waals surface area contributed by atoms with Gasteiger partial charge in [0.2, 0.25) is 12.7 Å². The number of carbonyl (C=O) groups excluding carboxylic acids is 1. The van der Waals surface area contributed by atoms with Gasteiger partial charge in [-0.2, -0.15) is 0 Å². The average Bonchev–Trinajstić information content (AvgIpc) is 3.30. The fourth-order valence-electron chi connectivity index (χ4n) is 3.77. The maximum absolute atomic E-state index is 13.1. The SMILES string of the molecule is CN=C(NCCC(=O)N1CCN(c2ccc(F)cc2)CC1)NCc1ccc2c(c1)OCO2. The van der Waals surface area contributed by atoms with Crippen LogP contribution in [0.4, 0.5) is 10.1 Å². The number of anilines is 1. The lowest BCUT2D eigenvalue weighted by molar-refractivity contribution is -0.131. The van der Waals surface area contributed by atoms with Gasteiger partial charge in [0, 0.05) is 58.4 Å². The summed E-state index contributed by atoms with van der Waals surface area (Å²) in [5.74, 6) is 2.01. The van der Waals surface area contributed by atoms with Gasteiger partial charge in [-0.25, -0.2) is 4.39 Å². The number of amides is 1. The molecule has 4 rings (SSSR count). The maximum Gasteiger partial charge on any atom is 0.231 e. The van der Waals surface area contributed by atoms with Crippen LogP contribution in [0.25, 0.3) is 0 Å². The van der Waals surface area contributed by atoms with E-state index in [1.54, 1.807) is 19.2 Å². The Balaban J connectivity index is 1.16. The molecular formula is C23H28FN5O3. The fraction of sp³-hybridized carbons (Fsp3) is 0.391. The first-order chi connectivity index (χ1) is 15.6. The van der Waals surface area contributed by atoms with Crippen molar-refractivity contribution in [2.75, 3.05) is 51.5 Å². The summed E-state index contributed by atoms with van der Waals surface area (Å²) in [7, 11) is 1.70. The molecule has 0 saturated carbocycles. The van der Waals surface area contributed by atoms with E-state index < -0.39 is 0 Å². The zero-order chi connectivity index (χ0) is 22.3. The monoisotopic (exact) mass is 441 g/mol. The zero-order valence-electron chi connectivity index (χ0n) is 18.1. The van der Waals surface area contributed by atoms with E-state index in [4.69, 9.17) is 9.47 Å². The molecule has 0 unspecified atom stereocenters. The number of nitrogens with zero attached hydrogens (tertiary/aromatic N) is 3. The summed E-state index contributed by atoms with van der Waals surface area (Å²) in [6.45, 7) is 4.13. The van der Waals surface area contributed by atoms with Crippen molar-refractivity contribution in [1.29, 1.82) is 0 Å². The molecule has 2 aliphatic heterocycles. The van der Waals surface area contributed by atoms with E-state index in [2.05, 4.69) is 20.5 Å². The van der Waals surface area contributed by atoms with Crippen LogP contribution in [0.1, 0.15) is 12.0 Å². The Morgan fingerprint density at radius 1 is 1.03 bits per heavy atom. The van der Waals surface area contributed by atoms with E-state index in [0.717, 1.165) is 35.8 Å². The van der Waals surface area contributed by atoms with Gasteiger partial charge < -0.3 is 29.9 Å². The Morgan fingerprint density at radius 3 is 2.53 bits per heavy atom. The van der Waals surface area contributed by atoms with Crippen LogP contribution in [0.2, 0.25) is 0 Å². The number of nitrogens with one attached hydrogen (secondary N) is 2. The molecule has 2 aliphatic rings. The number of rotatable bonds is 6. The number of hydrogen-bond donors (Lipinski definition) is 2. The van der Waals surface area contributed by atoms with E-state index in [1.165, 1.54) is 12.1 Å². The highest BCUT2D eigenvalue weighted by Crippen LogP contribution is 2.32. The molecule has 0 radical (unpaired) electrons. The fourth-order valence-corrected chi connectivity index (χ4v) is 3.77. The van der Waals surface area contributed by atoms with Gasteiger partial charge in [-0.15, -0.1) is 0 Å². The molecule has 2 aromatic rings. The normalized spacial score (nSPS) is 15.6. The molecule has 1 fully saturated rings. The van der Waals surface area contributed by atoms with E-state index in [1.807, 2.05) is 23.1 Å². The lowest BCUT2D eigenvalue weighted by Crippen LogP contribution is -2.49. The maximum atomic E-state index is 13.1. The molecule has 2 heterocycles. The molecule has 2 aromatic carbocycles. The van der Waals surface area contributed by atoms with Crippen molar-refractivity contribution < 1.29 is 18.7 Å². The predicted octanol–water partition coefficient (Wildman–Crippen LogP) is 1.96. The molecule has 1 saturated heterocycles. The first-order valence-corrected chi connectivity index (χ1v) is 10.7. The van der Waals surface area contributed by atoms with Crippen molar-refractivity contribution in [3.63, 3.8) is 0 Å². The molecule has 0 bridgehead atoms. The van der Waals surface area contributed by atoms with Gasteiger partial charge in [0.1, 0.15) is 5.82 Å². The van der Waals surface area contributed by atoms with Gasteiger partial charge >= 0.3 is 0 Å². The standard InChI is InChI=1S/C23H28FN5O3/c1-25-23(27-15-17-2-7-20-21(14-17)32-16-31-20)26-9-8-22(30)29-12-10-28(11-13-29)19-5-3-18(24)4-6-19/h2-7,14H,8-13,15-16H2,1H3,(H2,25,26,27). The first kappa shape index (κ1) is 21.7. The number of guanidine groups is 1. The molecular weight excluding hydrogens is 413 g/mol. The van der Waals surface area contributed by atoms with Gasteiger partial charge in [-0.1, -0.05) is 6.07 Å². The van der Waals surface area contributed by atoms with E-state index in [9.17, 15) is 9.18 Å². The Kier molecular flexibility index (Phi) is 6.94. The Labute approximate surface area is 187 Å². The minimum absolute atomic E-state index is 0.113. The summed E-state index contributed by atoms with van der Waals surface area (Å²) in [5.41, 5.74) is 2.03. The van der Waals surface area contributed by atoms with Crippen LogP contribution in [-0.2, 0) is 11.3 Å².